The molecule has 3 rings (SSSR count). The van der Waals surface area contributed by atoms with Crippen molar-refractivity contribution in [2.75, 3.05) is 11.9 Å². The molecule has 6 heteroatoms. The molecule has 0 spiro atoms. The number of imidazole rings is 1. The molecule has 0 aliphatic rings. The topological polar surface area (TPSA) is 87.2 Å². The zero-order valence-electron chi connectivity index (χ0n) is 12.6. The third-order valence-corrected chi connectivity index (χ3v) is 3.43. The molecule has 6 nitrogen and oxygen atoms in total. The Kier molecular flexibility index (Phi) is 4.25. The number of aromatic nitrogens is 2. The molecule has 0 aliphatic carbocycles. The molecule has 1 amide bonds. The van der Waals surface area contributed by atoms with Crippen molar-refractivity contribution in [1.29, 1.82) is 0 Å². The molecule has 0 bridgehead atoms. The van der Waals surface area contributed by atoms with Crippen LogP contribution in [0.1, 0.15) is 24.2 Å². The Bertz CT molecular complexity index is 814. The van der Waals surface area contributed by atoms with Gasteiger partial charge in [-0.15, -0.1) is 0 Å². The van der Waals surface area contributed by atoms with E-state index in [1.54, 1.807) is 13.0 Å². The van der Waals surface area contributed by atoms with Gasteiger partial charge in [0.15, 0.2) is 0 Å². The van der Waals surface area contributed by atoms with Gasteiger partial charge in [-0.25, -0.2) is 9.78 Å². The minimum Gasteiger partial charge on any atom is -0.450 e. The molecule has 0 fully saturated rings. The van der Waals surface area contributed by atoms with Crippen LogP contribution in [-0.2, 0) is 4.74 Å². The van der Waals surface area contributed by atoms with E-state index in [2.05, 4.69) is 15.3 Å². The van der Waals surface area contributed by atoms with Gasteiger partial charge in [0.2, 0.25) is 5.95 Å². The van der Waals surface area contributed by atoms with E-state index >= 15 is 0 Å². The van der Waals surface area contributed by atoms with Gasteiger partial charge in [0, 0.05) is 0 Å². The standard InChI is InChI=1S/C17H17N3O3/c1-2-23-17(22)20-16-18-13-9-8-12(10-14(13)19-16)15(21)11-6-4-3-5-7-11/h3-10,15,21H,2H2,1H3,(H2,18,19,20,22). The van der Waals surface area contributed by atoms with Crippen molar-refractivity contribution in [2.24, 2.45) is 0 Å². The van der Waals surface area contributed by atoms with E-state index in [9.17, 15) is 9.90 Å². The van der Waals surface area contributed by atoms with Gasteiger partial charge in [-0.3, -0.25) is 5.32 Å². The smallest absolute Gasteiger partial charge is 0.413 e. The molecule has 3 N–H and O–H groups in total. The van der Waals surface area contributed by atoms with Crippen molar-refractivity contribution >= 4 is 23.1 Å². The van der Waals surface area contributed by atoms with Gasteiger partial charge in [0.05, 0.1) is 17.6 Å². The summed E-state index contributed by atoms with van der Waals surface area (Å²) in [4.78, 5) is 18.7. The van der Waals surface area contributed by atoms with Crippen LogP contribution in [0.15, 0.2) is 48.5 Å². The van der Waals surface area contributed by atoms with Crippen LogP contribution in [-0.4, -0.2) is 27.8 Å². The molecular formula is C17H17N3O3. The number of hydrogen-bond acceptors (Lipinski definition) is 4. The van der Waals surface area contributed by atoms with Crippen molar-refractivity contribution in [1.82, 2.24) is 9.97 Å². The number of hydrogen-bond donors (Lipinski definition) is 3. The molecular weight excluding hydrogens is 294 g/mol. The van der Waals surface area contributed by atoms with Crippen LogP contribution in [0.3, 0.4) is 0 Å². The summed E-state index contributed by atoms with van der Waals surface area (Å²) in [5.41, 5.74) is 2.98. The largest absolute Gasteiger partial charge is 0.450 e. The van der Waals surface area contributed by atoms with Crippen molar-refractivity contribution in [2.45, 2.75) is 13.0 Å². The highest BCUT2D eigenvalue weighted by Gasteiger charge is 2.13. The lowest BCUT2D eigenvalue weighted by Crippen LogP contribution is -2.14. The average Bonchev–Trinajstić information content (AvgIpc) is 2.96. The number of ether oxygens (including phenoxy) is 1. The summed E-state index contributed by atoms with van der Waals surface area (Å²) in [6, 6.07) is 14.8. The van der Waals surface area contributed by atoms with Crippen LogP contribution in [0, 0.1) is 0 Å². The summed E-state index contributed by atoms with van der Waals surface area (Å²) < 4.78 is 4.81. The number of nitrogens with zero attached hydrogens (tertiary/aromatic N) is 1. The Morgan fingerprint density at radius 3 is 2.78 bits per heavy atom. The first-order valence-electron chi connectivity index (χ1n) is 7.34. The highest BCUT2D eigenvalue weighted by atomic mass is 16.5. The summed E-state index contributed by atoms with van der Waals surface area (Å²) in [7, 11) is 0. The third kappa shape index (κ3) is 3.32. The molecule has 0 saturated heterocycles. The number of benzene rings is 2. The zero-order chi connectivity index (χ0) is 16.2. The molecule has 118 valence electrons. The summed E-state index contributed by atoms with van der Waals surface area (Å²) in [6.07, 6.45) is -1.28. The Morgan fingerprint density at radius 2 is 2.04 bits per heavy atom. The number of fused-ring (bicyclic) bond motifs is 1. The number of carbonyl (C=O) groups excluding carboxylic acids is 1. The zero-order valence-corrected chi connectivity index (χ0v) is 12.6. The van der Waals surface area contributed by atoms with Gasteiger partial charge in [-0.05, 0) is 30.2 Å². The number of anilines is 1. The van der Waals surface area contributed by atoms with E-state index in [1.165, 1.54) is 0 Å². The van der Waals surface area contributed by atoms with Gasteiger partial charge in [-0.2, -0.15) is 0 Å². The molecule has 1 heterocycles. The minimum atomic E-state index is -0.717. The van der Waals surface area contributed by atoms with Crippen LogP contribution in [0.5, 0.6) is 0 Å². The monoisotopic (exact) mass is 311 g/mol. The maximum absolute atomic E-state index is 11.4. The SMILES string of the molecule is CCOC(=O)Nc1nc2ccc(C(O)c3ccccc3)cc2[nH]1. The van der Waals surface area contributed by atoms with E-state index in [4.69, 9.17) is 4.74 Å². The van der Waals surface area contributed by atoms with Gasteiger partial charge < -0.3 is 14.8 Å². The molecule has 0 aliphatic heterocycles. The summed E-state index contributed by atoms with van der Waals surface area (Å²) in [6.45, 7) is 2.02. The second-order valence-corrected chi connectivity index (χ2v) is 5.02. The van der Waals surface area contributed by atoms with Gasteiger partial charge >= 0.3 is 6.09 Å². The van der Waals surface area contributed by atoms with Crippen LogP contribution >= 0.6 is 0 Å². The second kappa shape index (κ2) is 6.50. The lowest BCUT2D eigenvalue weighted by atomic mass is 10.0. The van der Waals surface area contributed by atoms with E-state index in [1.807, 2.05) is 42.5 Å². The van der Waals surface area contributed by atoms with Crippen LogP contribution in [0.2, 0.25) is 0 Å². The van der Waals surface area contributed by atoms with E-state index in [-0.39, 0.29) is 0 Å². The predicted octanol–water partition coefficient (Wildman–Crippen LogP) is 3.21. The number of nitrogens with one attached hydrogen (secondary N) is 2. The molecule has 1 atom stereocenters. The Labute approximate surface area is 133 Å². The minimum absolute atomic E-state index is 0.291. The van der Waals surface area contributed by atoms with Crippen molar-refractivity contribution < 1.29 is 14.6 Å². The maximum atomic E-state index is 11.4. The fourth-order valence-corrected chi connectivity index (χ4v) is 2.35. The van der Waals surface area contributed by atoms with Crippen LogP contribution in [0.25, 0.3) is 11.0 Å². The molecule has 0 saturated carbocycles. The fraction of sp³-hybridized carbons (Fsp3) is 0.176. The molecule has 0 radical (unpaired) electrons. The fourth-order valence-electron chi connectivity index (χ4n) is 2.35. The lowest BCUT2D eigenvalue weighted by Gasteiger charge is -2.11. The Morgan fingerprint density at radius 1 is 1.26 bits per heavy atom. The third-order valence-electron chi connectivity index (χ3n) is 3.43. The first-order valence-corrected chi connectivity index (χ1v) is 7.34. The first-order chi connectivity index (χ1) is 11.2. The quantitative estimate of drug-likeness (QED) is 0.690. The van der Waals surface area contributed by atoms with Crippen LogP contribution < -0.4 is 5.32 Å². The summed E-state index contributed by atoms with van der Waals surface area (Å²) in [5.74, 6) is 0.310. The Hall–Kier alpha value is -2.86. The molecule has 3 aromatic rings. The van der Waals surface area contributed by atoms with E-state index < -0.39 is 12.2 Å². The molecule has 1 aromatic heterocycles. The molecule has 23 heavy (non-hydrogen) atoms. The van der Waals surface area contributed by atoms with Crippen molar-refractivity contribution in [3.63, 3.8) is 0 Å². The van der Waals surface area contributed by atoms with E-state index in [0.717, 1.165) is 16.6 Å². The lowest BCUT2D eigenvalue weighted by molar-refractivity contribution is 0.167. The number of rotatable bonds is 4. The number of H-pyrrole nitrogens is 1. The van der Waals surface area contributed by atoms with E-state index in [0.29, 0.717) is 18.1 Å². The Balaban J connectivity index is 1.86. The number of aliphatic hydroxyl groups is 1. The summed E-state index contributed by atoms with van der Waals surface area (Å²) >= 11 is 0. The van der Waals surface area contributed by atoms with Gasteiger partial charge in [0.1, 0.15) is 6.10 Å². The van der Waals surface area contributed by atoms with Gasteiger partial charge in [0.25, 0.3) is 0 Å². The van der Waals surface area contributed by atoms with Gasteiger partial charge in [-0.1, -0.05) is 36.4 Å². The van der Waals surface area contributed by atoms with Crippen LogP contribution in [0.4, 0.5) is 10.7 Å². The average molecular weight is 311 g/mol. The highest BCUT2D eigenvalue weighted by molar-refractivity contribution is 5.86. The number of carbonyl (C=O) groups is 1. The summed E-state index contributed by atoms with van der Waals surface area (Å²) in [5, 5.41) is 13.0. The van der Waals surface area contributed by atoms with Crippen molar-refractivity contribution in [3.05, 3.63) is 59.7 Å². The van der Waals surface area contributed by atoms with Crippen molar-refractivity contribution in [3.8, 4) is 0 Å². The first kappa shape index (κ1) is 15.1. The second-order valence-electron chi connectivity index (χ2n) is 5.02. The molecule has 2 aromatic carbocycles. The highest BCUT2D eigenvalue weighted by Crippen LogP contribution is 2.25. The molecule has 1 unspecified atom stereocenters. The predicted molar refractivity (Wildman–Crippen MR) is 87.2 cm³/mol. The number of aliphatic hydroxyl groups excluding tert-OH is 1. The number of amides is 1. The normalized spacial score (nSPS) is 12.1. The maximum Gasteiger partial charge on any atom is 0.413 e. The number of aromatic amines is 1.